The summed E-state index contributed by atoms with van der Waals surface area (Å²) in [5.74, 6) is 0. The van der Waals surface area contributed by atoms with E-state index in [1.54, 1.807) is 0 Å². The zero-order valence-corrected chi connectivity index (χ0v) is 43.5. The Balaban J connectivity index is 1.07. The smallest absolute Gasteiger partial charge is 0.00268 e. The van der Waals surface area contributed by atoms with E-state index >= 15 is 0 Å². The number of hydrogen-bond donors (Lipinski definition) is 0. The van der Waals surface area contributed by atoms with Crippen molar-refractivity contribution in [3.8, 4) is 0 Å². The number of hydrogen-bond acceptors (Lipinski definition) is 0. The van der Waals surface area contributed by atoms with Crippen LogP contribution in [0, 0.1) is 0 Å². The van der Waals surface area contributed by atoms with E-state index in [9.17, 15) is 0 Å². The van der Waals surface area contributed by atoms with Gasteiger partial charge in [0.05, 0.1) is 0 Å². The van der Waals surface area contributed by atoms with Gasteiger partial charge in [-0.15, -0.1) is 0 Å². The van der Waals surface area contributed by atoms with E-state index in [0.717, 1.165) is 89.1 Å². The molecule has 0 aliphatic heterocycles. The summed E-state index contributed by atoms with van der Waals surface area (Å²) in [5.41, 5.74) is 23.0. The molecule has 0 radical (unpaired) electrons. The minimum absolute atomic E-state index is 1.12. The summed E-state index contributed by atoms with van der Waals surface area (Å²) in [6, 6.07) is 109. The van der Waals surface area contributed by atoms with E-state index in [-0.39, 0.29) is 0 Å². The largest absolute Gasteiger partial charge is 0.0622 e. The van der Waals surface area contributed by atoms with Crippen molar-refractivity contribution in [3.63, 3.8) is 0 Å². The van der Waals surface area contributed by atoms with Gasteiger partial charge < -0.3 is 0 Å². The van der Waals surface area contributed by atoms with Crippen LogP contribution in [-0.4, -0.2) is 0 Å². The maximum atomic E-state index is 2.32. The summed E-state index contributed by atoms with van der Waals surface area (Å²) in [5, 5.41) is 0. The fourth-order valence-electron chi connectivity index (χ4n) is 9.90. The molecule has 0 spiro atoms. The lowest BCUT2D eigenvalue weighted by molar-refractivity contribution is 1.47. The van der Waals surface area contributed by atoms with Crippen LogP contribution in [0.25, 0.3) is 70.9 Å². The van der Waals surface area contributed by atoms with E-state index in [1.807, 2.05) is 0 Å². The average Bonchev–Trinajstić information content (AvgIpc) is 3.54. The Hall–Kier alpha value is -10.1. The molecule has 11 aromatic carbocycles. The van der Waals surface area contributed by atoms with Crippen molar-refractivity contribution in [3.05, 3.63) is 392 Å². The van der Waals surface area contributed by atoms with Crippen molar-refractivity contribution >= 4 is 70.9 Å². The fourth-order valence-corrected chi connectivity index (χ4v) is 9.90. The second-order valence-corrected chi connectivity index (χ2v) is 19.3. The Morgan fingerprint density at radius 3 is 0.436 bits per heavy atom. The summed E-state index contributed by atoms with van der Waals surface area (Å²) < 4.78 is 0. The summed E-state index contributed by atoms with van der Waals surface area (Å²) in [6.45, 7) is 0. The maximum Gasteiger partial charge on any atom is -0.00268 e. The van der Waals surface area contributed by atoms with Crippen LogP contribution in [0.3, 0.4) is 0 Å². The predicted molar refractivity (Wildman–Crippen MR) is 337 cm³/mol. The molecule has 0 N–H and O–H groups in total. The lowest BCUT2D eigenvalue weighted by atomic mass is 9.83. The van der Waals surface area contributed by atoms with Crippen LogP contribution in [0.2, 0.25) is 0 Å². The molecule has 0 fully saturated rings. The molecular weight excluding hydrogens is 937 g/mol. The van der Waals surface area contributed by atoms with Crippen molar-refractivity contribution < 1.29 is 0 Å². The molecule has 0 aromatic heterocycles. The Bertz CT molecular complexity index is 3600. The van der Waals surface area contributed by atoms with E-state index in [0.29, 0.717) is 0 Å². The maximum absolute atomic E-state index is 2.32. The Kier molecular flexibility index (Phi) is 16.0. The van der Waals surface area contributed by atoms with E-state index in [4.69, 9.17) is 0 Å². The molecule has 0 saturated carbocycles. The Labute approximate surface area is 460 Å². The third-order valence-electron chi connectivity index (χ3n) is 14.0. The van der Waals surface area contributed by atoms with Gasteiger partial charge in [0.1, 0.15) is 0 Å². The summed E-state index contributed by atoms with van der Waals surface area (Å²) >= 11 is 0. The third-order valence-corrected chi connectivity index (χ3v) is 14.0. The Morgan fingerprint density at radius 2 is 0.256 bits per heavy atom. The first kappa shape index (κ1) is 50.0. The highest BCUT2D eigenvalue weighted by molar-refractivity contribution is 6.07. The molecule has 0 aliphatic carbocycles. The fraction of sp³-hybridized carbons (Fsp3) is 0. The molecule has 370 valence electrons. The number of rotatable bonds is 16. The van der Waals surface area contributed by atoms with Gasteiger partial charge in [0.15, 0.2) is 0 Å². The van der Waals surface area contributed by atoms with E-state index in [1.165, 1.54) is 22.3 Å². The zero-order chi connectivity index (χ0) is 52.6. The van der Waals surface area contributed by atoms with Gasteiger partial charge in [-0.05, 0) is 111 Å². The molecular formula is C78H58. The van der Waals surface area contributed by atoms with Crippen molar-refractivity contribution in [2.45, 2.75) is 0 Å². The molecule has 0 aliphatic rings. The van der Waals surface area contributed by atoms with Crippen LogP contribution >= 0.6 is 0 Å². The van der Waals surface area contributed by atoms with Gasteiger partial charge in [0.25, 0.3) is 0 Å². The lowest BCUT2D eigenvalue weighted by Gasteiger charge is -2.21. The molecule has 0 atom stereocenters. The number of benzene rings is 11. The van der Waals surface area contributed by atoms with Gasteiger partial charge in [-0.1, -0.05) is 352 Å². The van der Waals surface area contributed by atoms with Crippen LogP contribution in [0.4, 0.5) is 0 Å². The first-order valence-corrected chi connectivity index (χ1v) is 26.7. The molecule has 0 unspecified atom stereocenters. The van der Waals surface area contributed by atoms with Crippen LogP contribution in [-0.2, 0) is 0 Å². The molecule has 78 heavy (non-hydrogen) atoms. The second-order valence-electron chi connectivity index (χ2n) is 19.3. The van der Waals surface area contributed by atoms with Crippen LogP contribution in [0.5, 0.6) is 0 Å². The standard InChI is InChI=1S/C78H58/c1-7-19-59(20-8-1)31-35-63-39-47-69(48-40-63)75(67-27-15-5-16-28-67)77(71-51-43-65(44-52-71)37-33-61-23-11-3-12-24-61)73-55-57-74(58-56-73)78(72-53-45-66(46-54-72)38-34-62-25-13-4-14-26-62)76(68-29-17-6-18-30-68)70-49-41-64(42-50-70)36-32-60-21-9-2-10-22-60/h1-58H. The summed E-state index contributed by atoms with van der Waals surface area (Å²) in [6.07, 6.45) is 17.5. The summed E-state index contributed by atoms with van der Waals surface area (Å²) in [7, 11) is 0. The molecule has 0 amide bonds. The zero-order valence-electron chi connectivity index (χ0n) is 43.5. The molecule has 11 aromatic rings. The quantitative estimate of drug-likeness (QED) is 0.0847. The molecule has 0 saturated heterocycles. The SMILES string of the molecule is C(=Cc1ccc(C(=C(c2ccc(C=Cc3ccccc3)cc2)c2ccc(C(=C(c3ccccc3)c3ccc(C=Cc4ccccc4)cc3)c3ccc(C=Cc4ccccc4)cc3)cc2)c2ccccc2)cc1)c1ccccc1. The minimum atomic E-state index is 1.12. The topological polar surface area (TPSA) is 0 Å². The van der Waals surface area contributed by atoms with Crippen LogP contribution in [0.15, 0.2) is 303 Å². The molecule has 0 bridgehead atoms. The molecule has 0 heterocycles. The monoisotopic (exact) mass is 994 g/mol. The minimum Gasteiger partial charge on any atom is -0.0622 e. The second kappa shape index (κ2) is 24.9. The third kappa shape index (κ3) is 12.7. The van der Waals surface area contributed by atoms with Gasteiger partial charge in [-0.25, -0.2) is 0 Å². The normalized spacial score (nSPS) is 12.3. The van der Waals surface area contributed by atoms with Crippen molar-refractivity contribution in [2.24, 2.45) is 0 Å². The van der Waals surface area contributed by atoms with Gasteiger partial charge in [-0.2, -0.15) is 0 Å². The Morgan fingerprint density at radius 1 is 0.128 bits per heavy atom. The van der Waals surface area contributed by atoms with Gasteiger partial charge in [0.2, 0.25) is 0 Å². The summed E-state index contributed by atoms with van der Waals surface area (Å²) in [4.78, 5) is 0. The molecule has 0 nitrogen and oxygen atoms in total. The van der Waals surface area contributed by atoms with Crippen molar-refractivity contribution in [2.75, 3.05) is 0 Å². The first-order chi connectivity index (χ1) is 38.7. The highest BCUT2D eigenvalue weighted by Crippen LogP contribution is 2.41. The van der Waals surface area contributed by atoms with Gasteiger partial charge in [0, 0.05) is 0 Å². The molecule has 11 rings (SSSR count). The average molecular weight is 995 g/mol. The van der Waals surface area contributed by atoms with Crippen LogP contribution < -0.4 is 0 Å². The van der Waals surface area contributed by atoms with E-state index in [2.05, 4.69) is 352 Å². The van der Waals surface area contributed by atoms with Gasteiger partial charge >= 0.3 is 0 Å². The lowest BCUT2D eigenvalue weighted by Crippen LogP contribution is -2.00. The highest BCUT2D eigenvalue weighted by Gasteiger charge is 2.20. The van der Waals surface area contributed by atoms with Crippen molar-refractivity contribution in [1.29, 1.82) is 0 Å². The van der Waals surface area contributed by atoms with Crippen molar-refractivity contribution in [1.82, 2.24) is 0 Å². The van der Waals surface area contributed by atoms with E-state index < -0.39 is 0 Å². The first-order valence-electron chi connectivity index (χ1n) is 26.7. The van der Waals surface area contributed by atoms with Gasteiger partial charge in [-0.3, -0.25) is 0 Å². The highest BCUT2D eigenvalue weighted by atomic mass is 14.2. The predicted octanol–water partition coefficient (Wildman–Crippen LogP) is 20.4. The molecule has 0 heteroatoms. The van der Waals surface area contributed by atoms with Crippen LogP contribution in [0.1, 0.15) is 89.0 Å².